The van der Waals surface area contributed by atoms with E-state index in [0.29, 0.717) is 10.0 Å². The molecule has 4 rings (SSSR count). The molecule has 0 aliphatic carbocycles. The van der Waals surface area contributed by atoms with Gasteiger partial charge in [0.05, 0.1) is 0 Å². The largest absolute Gasteiger partial charge is 0.304 e. The molecule has 1 aromatic heterocycles. The van der Waals surface area contributed by atoms with E-state index in [1.165, 1.54) is 0 Å². The summed E-state index contributed by atoms with van der Waals surface area (Å²) in [6.07, 6.45) is 0. The van der Waals surface area contributed by atoms with Crippen molar-refractivity contribution in [2.75, 3.05) is 5.43 Å². The number of nitrogens with zero attached hydrogens (tertiary/aromatic N) is 3. The van der Waals surface area contributed by atoms with E-state index >= 15 is 0 Å². The van der Waals surface area contributed by atoms with E-state index in [4.69, 9.17) is 23.2 Å². The zero-order chi connectivity index (χ0) is 15.1. The zero-order valence-electron chi connectivity index (χ0n) is 11.2. The molecule has 110 valence electrons. The van der Waals surface area contributed by atoms with Crippen LogP contribution in [0.15, 0.2) is 53.7 Å². The molecular formula is C15H10Cl2N4S. The van der Waals surface area contributed by atoms with Crippen LogP contribution in [0, 0.1) is 0 Å². The number of nitrogens with one attached hydrogen (secondary N) is 1. The molecule has 1 aliphatic rings. The Morgan fingerprint density at radius 2 is 1.68 bits per heavy atom. The van der Waals surface area contributed by atoms with Crippen LogP contribution in [-0.2, 0) is 0 Å². The highest BCUT2D eigenvalue weighted by Crippen LogP contribution is 2.44. The van der Waals surface area contributed by atoms with E-state index in [2.05, 4.69) is 15.6 Å². The molecule has 0 saturated heterocycles. The Balaban J connectivity index is 1.72. The first-order valence-electron chi connectivity index (χ1n) is 6.62. The van der Waals surface area contributed by atoms with Crippen LogP contribution in [0.3, 0.4) is 0 Å². The molecule has 1 N–H and O–H groups in total. The summed E-state index contributed by atoms with van der Waals surface area (Å²) < 4.78 is 1.88. The Labute approximate surface area is 141 Å². The highest BCUT2D eigenvalue weighted by molar-refractivity contribution is 7.99. The minimum absolute atomic E-state index is 0.0887. The van der Waals surface area contributed by atoms with Crippen LogP contribution in [-0.4, -0.2) is 14.9 Å². The van der Waals surface area contributed by atoms with Gasteiger partial charge in [-0.15, -0.1) is 10.2 Å². The van der Waals surface area contributed by atoms with E-state index in [9.17, 15) is 0 Å². The van der Waals surface area contributed by atoms with Crippen molar-refractivity contribution in [3.63, 3.8) is 0 Å². The van der Waals surface area contributed by atoms with Gasteiger partial charge in [0.2, 0.25) is 5.16 Å². The van der Waals surface area contributed by atoms with Gasteiger partial charge >= 0.3 is 0 Å². The Morgan fingerprint density at radius 3 is 2.41 bits per heavy atom. The molecule has 0 radical (unpaired) electrons. The summed E-state index contributed by atoms with van der Waals surface area (Å²) in [4.78, 5) is 0. The second kappa shape index (κ2) is 5.50. The lowest BCUT2D eigenvalue weighted by molar-refractivity contribution is 0.792. The molecule has 0 saturated carbocycles. The number of benzene rings is 2. The molecule has 1 unspecified atom stereocenters. The van der Waals surface area contributed by atoms with Gasteiger partial charge in [0.15, 0.2) is 5.82 Å². The van der Waals surface area contributed by atoms with Crippen molar-refractivity contribution < 1.29 is 0 Å². The minimum Gasteiger partial charge on any atom is -0.304 e. The Morgan fingerprint density at radius 1 is 0.955 bits per heavy atom. The molecule has 3 aromatic rings. The predicted octanol–water partition coefficient (Wildman–Crippen LogP) is 4.60. The van der Waals surface area contributed by atoms with Crippen molar-refractivity contribution >= 4 is 35.0 Å². The molecule has 0 bridgehead atoms. The first kappa shape index (κ1) is 13.9. The van der Waals surface area contributed by atoms with Gasteiger partial charge < -0.3 is 5.43 Å². The van der Waals surface area contributed by atoms with Gasteiger partial charge in [-0.25, -0.2) is 4.68 Å². The van der Waals surface area contributed by atoms with Crippen molar-refractivity contribution in [2.24, 2.45) is 0 Å². The fourth-order valence-electron chi connectivity index (χ4n) is 2.37. The van der Waals surface area contributed by atoms with Crippen LogP contribution in [0.25, 0.3) is 11.4 Å². The lowest BCUT2D eigenvalue weighted by atomic mass is 10.2. The molecular weight excluding hydrogens is 339 g/mol. The number of fused-ring (bicyclic) bond motifs is 1. The molecule has 2 heterocycles. The minimum atomic E-state index is -0.0887. The van der Waals surface area contributed by atoms with E-state index < -0.39 is 0 Å². The summed E-state index contributed by atoms with van der Waals surface area (Å²) in [5, 5.41) is 10.5. The summed E-state index contributed by atoms with van der Waals surface area (Å²) >= 11 is 14.1. The van der Waals surface area contributed by atoms with Gasteiger partial charge in [-0.2, -0.15) is 0 Å². The van der Waals surface area contributed by atoms with Crippen molar-refractivity contribution in [1.29, 1.82) is 0 Å². The van der Waals surface area contributed by atoms with Gasteiger partial charge in [0.25, 0.3) is 0 Å². The first-order valence-corrected chi connectivity index (χ1v) is 8.25. The Bertz CT molecular complexity index is 815. The SMILES string of the molecule is Clc1cccc(Cl)c1C1Nn2c(nnc2-c2ccccc2)S1. The number of rotatable bonds is 2. The van der Waals surface area contributed by atoms with Crippen molar-refractivity contribution in [3.8, 4) is 11.4 Å². The number of thioether (sulfide) groups is 1. The van der Waals surface area contributed by atoms with Crippen LogP contribution in [0.1, 0.15) is 10.9 Å². The summed E-state index contributed by atoms with van der Waals surface area (Å²) in [6.45, 7) is 0. The highest BCUT2D eigenvalue weighted by Gasteiger charge is 2.30. The second-order valence-corrected chi connectivity index (χ2v) is 6.66. The number of hydrogen-bond acceptors (Lipinski definition) is 4. The summed E-state index contributed by atoms with van der Waals surface area (Å²) in [7, 11) is 0. The third kappa shape index (κ3) is 2.26. The number of hydrogen-bond donors (Lipinski definition) is 1. The third-order valence-corrected chi connectivity index (χ3v) is 5.11. The normalized spacial score (nSPS) is 16.4. The average Bonchev–Trinajstić information content (AvgIpc) is 3.08. The summed E-state index contributed by atoms with van der Waals surface area (Å²) in [6, 6.07) is 15.4. The van der Waals surface area contributed by atoms with Crippen LogP contribution in [0.5, 0.6) is 0 Å². The van der Waals surface area contributed by atoms with Crippen LogP contribution in [0.4, 0.5) is 0 Å². The van der Waals surface area contributed by atoms with E-state index in [-0.39, 0.29) is 5.37 Å². The van der Waals surface area contributed by atoms with Crippen molar-refractivity contribution in [3.05, 3.63) is 64.1 Å². The smallest absolute Gasteiger partial charge is 0.212 e. The Hall–Kier alpha value is -1.69. The molecule has 7 heteroatoms. The van der Waals surface area contributed by atoms with Crippen LogP contribution in [0.2, 0.25) is 10.0 Å². The molecule has 22 heavy (non-hydrogen) atoms. The molecule has 4 nitrogen and oxygen atoms in total. The zero-order valence-corrected chi connectivity index (χ0v) is 13.5. The summed E-state index contributed by atoms with van der Waals surface area (Å²) in [5.41, 5.74) is 5.23. The maximum Gasteiger partial charge on any atom is 0.212 e. The van der Waals surface area contributed by atoms with Gasteiger partial charge in [-0.1, -0.05) is 71.4 Å². The van der Waals surface area contributed by atoms with Gasteiger partial charge in [-0.05, 0) is 12.1 Å². The topological polar surface area (TPSA) is 42.7 Å². The molecule has 1 atom stereocenters. The third-order valence-electron chi connectivity index (χ3n) is 3.40. The quantitative estimate of drug-likeness (QED) is 0.734. The van der Waals surface area contributed by atoms with Gasteiger partial charge in [0, 0.05) is 21.2 Å². The first-order chi connectivity index (χ1) is 10.7. The molecule has 2 aromatic carbocycles. The van der Waals surface area contributed by atoms with Gasteiger partial charge in [-0.3, -0.25) is 0 Å². The molecule has 0 amide bonds. The lowest BCUT2D eigenvalue weighted by Crippen LogP contribution is -2.14. The average molecular weight is 349 g/mol. The van der Waals surface area contributed by atoms with Crippen LogP contribution >= 0.6 is 35.0 Å². The molecule has 0 spiro atoms. The lowest BCUT2D eigenvalue weighted by Gasteiger charge is -2.15. The van der Waals surface area contributed by atoms with Crippen molar-refractivity contribution in [1.82, 2.24) is 14.9 Å². The number of aromatic nitrogens is 3. The standard InChI is InChI=1S/C15H10Cl2N4S/c16-10-7-4-8-11(17)12(10)14-20-21-13(18-19-15(21)22-14)9-5-2-1-3-6-9/h1-8,14,20H. The Kier molecular flexibility index (Phi) is 3.48. The van der Waals surface area contributed by atoms with Gasteiger partial charge in [0.1, 0.15) is 5.37 Å². The predicted molar refractivity (Wildman–Crippen MR) is 89.9 cm³/mol. The fraction of sp³-hybridized carbons (Fsp3) is 0.0667. The summed E-state index contributed by atoms with van der Waals surface area (Å²) in [5.74, 6) is 0.772. The van der Waals surface area contributed by atoms with E-state index in [1.54, 1.807) is 11.8 Å². The van der Waals surface area contributed by atoms with Crippen LogP contribution < -0.4 is 5.43 Å². The maximum absolute atomic E-state index is 6.29. The highest BCUT2D eigenvalue weighted by atomic mass is 35.5. The molecule has 0 fully saturated rings. The second-order valence-electron chi connectivity index (χ2n) is 4.77. The maximum atomic E-state index is 6.29. The monoisotopic (exact) mass is 348 g/mol. The van der Waals surface area contributed by atoms with Crippen molar-refractivity contribution in [2.45, 2.75) is 10.5 Å². The number of halogens is 2. The van der Waals surface area contributed by atoms with E-state index in [0.717, 1.165) is 22.1 Å². The fourth-order valence-corrected chi connectivity index (χ4v) is 4.19. The van der Waals surface area contributed by atoms with E-state index in [1.807, 2.05) is 53.2 Å². The molecule has 1 aliphatic heterocycles.